The van der Waals surface area contributed by atoms with Gasteiger partial charge in [0, 0.05) is 36.2 Å². The maximum absolute atomic E-state index is 14.6. The maximum atomic E-state index is 14.6. The molecular formula is C29H25ClF3N5O4. The van der Waals surface area contributed by atoms with Crippen LogP contribution in [0, 0.1) is 22.6 Å². The third-order valence-corrected chi connectivity index (χ3v) is 8.19. The molecule has 218 valence electrons. The van der Waals surface area contributed by atoms with E-state index in [1.165, 1.54) is 30.5 Å². The molecule has 3 amide bonds. The highest BCUT2D eigenvalue weighted by Gasteiger charge is 2.53. The molecule has 1 aromatic carbocycles. The smallest absolute Gasteiger partial charge is 0.416 e. The molecule has 2 unspecified atom stereocenters. The number of cyclic esters (lactones) is 1. The molecule has 2 aliphatic carbocycles. The van der Waals surface area contributed by atoms with Gasteiger partial charge in [-0.2, -0.15) is 5.26 Å². The minimum absolute atomic E-state index is 0.0369. The van der Waals surface area contributed by atoms with Gasteiger partial charge < -0.3 is 10.1 Å². The van der Waals surface area contributed by atoms with Gasteiger partial charge in [-0.25, -0.2) is 27.8 Å². The van der Waals surface area contributed by atoms with Gasteiger partial charge in [0.25, 0.3) is 11.8 Å². The molecule has 0 spiro atoms. The third kappa shape index (κ3) is 5.44. The van der Waals surface area contributed by atoms with Crippen molar-refractivity contribution in [3.8, 4) is 6.07 Å². The molecule has 0 bridgehead atoms. The molecule has 1 saturated carbocycles. The average molecular weight is 600 g/mol. The molecule has 1 aliphatic heterocycles. The predicted octanol–water partition coefficient (Wildman–Crippen LogP) is 4.47. The normalized spacial score (nSPS) is 25.2. The second-order valence-electron chi connectivity index (χ2n) is 10.5. The molecule has 2 heterocycles. The first kappa shape index (κ1) is 29.1. The van der Waals surface area contributed by atoms with Gasteiger partial charge in [0.1, 0.15) is 24.3 Å². The van der Waals surface area contributed by atoms with Gasteiger partial charge in [0.2, 0.25) is 5.91 Å². The van der Waals surface area contributed by atoms with Gasteiger partial charge in [0.15, 0.2) is 6.04 Å². The van der Waals surface area contributed by atoms with Crippen LogP contribution in [0.15, 0.2) is 66.9 Å². The Balaban J connectivity index is 1.61. The highest BCUT2D eigenvalue weighted by molar-refractivity contribution is 6.23. The number of nitrogens with zero attached hydrogens (tertiary/aromatic N) is 4. The number of carbonyl (C=O) groups is 3. The van der Waals surface area contributed by atoms with Crippen LogP contribution in [0.5, 0.6) is 0 Å². The highest BCUT2D eigenvalue weighted by atomic mass is 35.5. The Bertz CT molecular complexity index is 1520. The van der Waals surface area contributed by atoms with Gasteiger partial charge in [-0.1, -0.05) is 37.3 Å². The number of allylic oxidation sites excluding steroid dienone is 3. The Labute approximate surface area is 244 Å². The first-order chi connectivity index (χ1) is 19.9. The number of benzene rings is 1. The fourth-order valence-corrected chi connectivity index (χ4v) is 5.63. The number of nitriles is 1. The van der Waals surface area contributed by atoms with Crippen molar-refractivity contribution < 1.29 is 32.3 Å². The number of amides is 3. The molecule has 42 heavy (non-hydrogen) atoms. The lowest BCUT2D eigenvalue weighted by atomic mass is 9.74. The molecular weight excluding hydrogens is 575 g/mol. The van der Waals surface area contributed by atoms with Gasteiger partial charge in [-0.15, -0.1) is 11.6 Å². The van der Waals surface area contributed by atoms with E-state index in [1.807, 2.05) is 6.07 Å². The maximum Gasteiger partial charge on any atom is 0.416 e. The molecule has 2 fully saturated rings. The van der Waals surface area contributed by atoms with Gasteiger partial charge >= 0.3 is 6.09 Å². The minimum Gasteiger partial charge on any atom is -0.446 e. The summed E-state index contributed by atoms with van der Waals surface area (Å²) in [7, 11) is 0. The van der Waals surface area contributed by atoms with E-state index in [4.69, 9.17) is 16.3 Å². The van der Waals surface area contributed by atoms with Gasteiger partial charge in [0.05, 0.1) is 17.0 Å². The van der Waals surface area contributed by atoms with Crippen LogP contribution >= 0.6 is 11.6 Å². The van der Waals surface area contributed by atoms with Crippen molar-refractivity contribution in [3.05, 3.63) is 78.3 Å². The lowest BCUT2D eigenvalue weighted by molar-refractivity contribution is -0.134. The Morgan fingerprint density at radius 2 is 2.02 bits per heavy atom. The van der Waals surface area contributed by atoms with Gasteiger partial charge in [-0.05, 0) is 30.3 Å². The second-order valence-corrected chi connectivity index (χ2v) is 11.0. The molecule has 9 nitrogen and oxygen atoms in total. The topological polar surface area (TPSA) is 116 Å². The van der Waals surface area contributed by atoms with Crippen molar-refractivity contribution in [2.24, 2.45) is 5.41 Å². The van der Waals surface area contributed by atoms with E-state index >= 15 is 0 Å². The number of aromatic nitrogens is 1. The molecule has 0 radical (unpaired) electrons. The van der Waals surface area contributed by atoms with E-state index in [9.17, 15) is 32.8 Å². The van der Waals surface area contributed by atoms with Crippen molar-refractivity contribution in [2.75, 3.05) is 16.4 Å². The second kappa shape index (κ2) is 11.1. The first-order valence-corrected chi connectivity index (χ1v) is 13.5. The number of anilines is 2. The third-order valence-electron chi connectivity index (χ3n) is 7.58. The lowest BCUT2D eigenvalue weighted by Crippen LogP contribution is -2.65. The summed E-state index contributed by atoms with van der Waals surface area (Å²) in [5.41, 5.74) is -1.19. The van der Waals surface area contributed by atoms with Crippen LogP contribution < -0.4 is 15.1 Å². The fourth-order valence-electron chi connectivity index (χ4n) is 5.35. The lowest BCUT2D eigenvalue weighted by Gasteiger charge is -2.46. The number of hydrogen-bond acceptors (Lipinski definition) is 6. The Hall–Kier alpha value is -4.37. The minimum atomic E-state index is -2.93. The van der Waals surface area contributed by atoms with E-state index in [2.05, 4.69) is 10.3 Å². The summed E-state index contributed by atoms with van der Waals surface area (Å²) in [5.74, 6) is -5.32. The molecule has 1 N–H and O–H groups in total. The van der Waals surface area contributed by atoms with E-state index in [1.54, 1.807) is 31.2 Å². The van der Waals surface area contributed by atoms with Crippen molar-refractivity contribution >= 4 is 41.0 Å². The first-order valence-electron chi connectivity index (χ1n) is 13.0. The number of nitrogens with one attached hydrogen (secondary N) is 1. The van der Waals surface area contributed by atoms with Crippen molar-refractivity contribution in [2.45, 2.75) is 49.2 Å². The van der Waals surface area contributed by atoms with Crippen LogP contribution in [0.1, 0.15) is 25.3 Å². The van der Waals surface area contributed by atoms with E-state index < -0.39 is 78.0 Å². The Morgan fingerprint density at radius 1 is 1.26 bits per heavy atom. The van der Waals surface area contributed by atoms with E-state index in [0.29, 0.717) is 0 Å². The fraction of sp³-hybridized carbons (Fsp3) is 0.345. The molecule has 4 atom stereocenters. The zero-order valence-corrected chi connectivity index (χ0v) is 23.0. The summed E-state index contributed by atoms with van der Waals surface area (Å²) < 4.78 is 47.1. The number of carbonyl (C=O) groups excluding carboxylic acids is 3. The standard InChI is InChI=1S/C29H25ClF3N5O4/c1-28(9-3-2-7-22(28)30)24(25(39)36-19-13-29(32,33)14-19)37(20-6-4-5-18(31)12-20)26(40)21-16-42-27(41)38(21)23-11-17(15-34)8-10-35-23/h2-12,19,21-22,24H,13-14,16H2,1H3,(H,36,39)/t21-,22?,24+,28?/m0/s1. The summed E-state index contributed by atoms with van der Waals surface area (Å²) in [5, 5.41) is 11.1. The Morgan fingerprint density at radius 3 is 2.69 bits per heavy atom. The molecule has 1 aromatic heterocycles. The van der Waals surface area contributed by atoms with Crippen LogP contribution in [-0.2, 0) is 14.3 Å². The summed E-state index contributed by atoms with van der Waals surface area (Å²) in [6.07, 6.45) is 5.75. The summed E-state index contributed by atoms with van der Waals surface area (Å²) >= 11 is 6.72. The quantitative estimate of drug-likeness (QED) is 0.470. The number of pyridine rings is 1. The van der Waals surface area contributed by atoms with Crippen LogP contribution in [0.2, 0.25) is 0 Å². The van der Waals surface area contributed by atoms with Crippen molar-refractivity contribution in [1.82, 2.24) is 10.3 Å². The summed E-state index contributed by atoms with van der Waals surface area (Å²) in [6, 6.07) is 5.86. The molecule has 1 saturated heterocycles. The van der Waals surface area contributed by atoms with Gasteiger partial charge in [-0.3, -0.25) is 14.5 Å². The summed E-state index contributed by atoms with van der Waals surface area (Å²) in [6.45, 7) is 1.18. The number of halogens is 4. The zero-order chi connectivity index (χ0) is 30.2. The predicted molar refractivity (Wildman–Crippen MR) is 146 cm³/mol. The van der Waals surface area contributed by atoms with E-state index in [-0.39, 0.29) is 17.1 Å². The van der Waals surface area contributed by atoms with E-state index in [0.717, 1.165) is 21.9 Å². The van der Waals surface area contributed by atoms with Crippen molar-refractivity contribution in [1.29, 1.82) is 5.26 Å². The van der Waals surface area contributed by atoms with Crippen LogP contribution in [0.3, 0.4) is 0 Å². The van der Waals surface area contributed by atoms with Crippen LogP contribution in [0.25, 0.3) is 0 Å². The number of rotatable bonds is 7. The molecule has 5 rings (SSSR count). The average Bonchev–Trinajstić information content (AvgIpc) is 3.33. The van der Waals surface area contributed by atoms with Crippen LogP contribution in [0.4, 0.5) is 29.5 Å². The number of hydrogen-bond donors (Lipinski definition) is 1. The number of alkyl halides is 3. The SMILES string of the molecule is CC1([C@@H](C(=O)NC2CC(F)(F)C2)N(C(=O)[C@@H]2COC(=O)N2c2cc(C#N)ccn2)c2cccc(F)c2)C=CC=CC1Cl. The molecule has 13 heteroatoms. The van der Waals surface area contributed by atoms with Crippen molar-refractivity contribution in [3.63, 3.8) is 0 Å². The molecule has 2 aromatic rings. The molecule has 3 aliphatic rings. The zero-order valence-electron chi connectivity index (χ0n) is 22.2. The van der Waals surface area contributed by atoms with Crippen LogP contribution in [-0.4, -0.2) is 58.9 Å². The summed E-state index contributed by atoms with van der Waals surface area (Å²) in [4.78, 5) is 47.4. The largest absolute Gasteiger partial charge is 0.446 e. The number of ether oxygens (including phenoxy) is 1. The highest BCUT2D eigenvalue weighted by Crippen LogP contribution is 2.42. The Kier molecular flexibility index (Phi) is 7.72. The monoisotopic (exact) mass is 599 g/mol.